The van der Waals surface area contributed by atoms with Gasteiger partial charge < -0.3 is 21.2 Å². The summed E-state index contributed by atoms with van der Waals surface area (Å²) in [5.74, 6) is 0. The first-order chi connectivity index (χ1) is 13.7. The molecule has 0 saturated heterocycles. The lowest BCUT2D eigenvalue weighted by molar-refractivity contribution is -0.137. The van der Waals surface area contributed by atoms with Crippen LogP contribution in [0.4, 0.5) is 24.5 Å². The van der Waals surface area contributed by atoms with Crippen LogP contribution in [0.5, 0.6) is 0 Å². The second-order valence-corrected chi connectivity index (χ2v) is 6.03. The fourth-order valence-electron chi connectivity index (χ4n) is 2.62. The molecule has 0 bridgehead atoms. The smallest absolute Gasteiger partial charge is 0.399 e. The molecule has 2 aromatic carbocycles. The summed E-state index contributed by atoms with van der Waals surface area (Å²) >= 11 is 0. The number of carbonyl (C=O) groups is 1. The summed E-state index contributed by atoms with van der Waals surface area (Å²) in [4.78, 5) is 11.2. The van der Waals surface area contributed by atoms with Crippen LogP contribution in [0.15, 0.2) is 61.1 Å². The number of halogens is 3. The van der Waals surface area contributed by atoms with Gasteiger partial charge in [0.25, 0.3) is 0 Å². The molecule has 4 aromatic rings. The Bertz CT molecular complexity index is 1070. The highest BCUT2D eigenvalue weighted by Gasteiger charge is 2.29. The zero-order valence-electron chi connectivity index (χ0n) is 15.6. The maximum Gasteiger partial charge on any atom is 0.416 e. The predicted molar refractivity (Wildman–Crippen MR) is 108 cm³/mol. The van der Waals surface area contributed by atoms with Gasteiger partial charge in [-0.05, 0) is 36.4 Å². The number of nitrogen functional groups attached to an aromatic ring is 2. The number of aryl methyl sites for hydroxylation is 1. The molecule has 4 rings (SSSR count). The monoisotopic (exact) mass is 403 g/mol. The number of nitrogens with one attached hydrogen (secondary N) is 1. The lowest BCUT2D eigenvalue weighted by Gasteiger charge is -2.05. The van der Waals surface area contributed by atoms with E-state index in [2.05, 4.69) is 10.1 Å². The number of aromatic nitrogens is 3. The highest BCUT2D eigenvalue weighted by atomic mass is 19.4. The van der Waals surface area contributed by atoms with E-state index >= 15 is 0 Å². The van der Waals surface area contributed by atoms with Crippen molar-refractivity contribution in [2.75, 3.05) is 11.5 Å². The molecule has 0 aliphatic carbocycles. The molecule has 0 radical (unpaired) electrons. The van der Waals surface area contributed by atoms with Gasteiger partial charge >= 0.3 is 6.18 Å². The molecule has 152 valence electrons. The fraction of sp³-hybridized carbons (Fsp3) is 0.100. The minimum atomic E-state index is -4.27. The van der Waals surface area contributed by atoms with Gasteiger partial charge in [-0.2, -0.15) is 18.3 Å². The van der Waals surface area contributed by atoms with Crippen LogP contribution in [0.2, 0.25) is 0 Å². The molecule has 0 aliphatic heterocycles. The van der Waals surface area contributed by atoms with Crippen molar-refractivity contribution >= 4 is 29.1 Å². The van der Waals surface area contributed by atoms with Crippen LogP contribution < -0.4 is 11.5 Å². The Kier molecular flexibility index (Phi) is 6.66. The molecule has 5 N–H and O–H groups in total. The van der Waals surface area contributed by atoms with Gasteiger partial charge in [-0.1, -0.05) is 6.07 Å². The van der Waals surface area contributed by atoms with Crippen molar-refractivity contribution in [1.29, 1.82) is 0 Å². The van der Waals surface area contributed by atoms with Crippen LogP contribution in [-0.2, 0) is 18.0 Å². The van der Waals surface area contributed by atoms with Gasteiger partial charge in [0.05, 0.1) is 11.8 Å². The lowest BCUT2D eigenvalue weighted by Crippen LogP contribution is -2.04. The van der Waals surface area contributed by atoms with Crippen molar-refractivity contribution < 1.29 is 18.0 Å². The molecule has 0 amide bonds. The van der Waals surface area contributed by atoms with E-state index in [1.165, 1.54) is 17.5 Å². The average Bonchev–Trinajstić information content (AvgIpc) is 3.29. The van der Waals surface area contributed by atoms with Crippen molar-refractivity contribution in [3.8, 4) is 11.1 Å². The second-order valence-electron chi connectivity index (χ2n) is 6.03. The maximum atomic E-state index is 11.9. The van der Waals surface area contributed by atoms with Crippen molar-refractivity contribution in [3.63, 3.8) is 0 Å². The Labute approximate surface area is 164 Å². The predicted octanol–water partition coefficient (Wildman–Crippen LogP) is 4.25. The minimum absolute atomic E-state index is 0.331. The summed E-state index contributed by atoms with van der Waals surface area (Å²) in [6, 6.07) is 10.2. The van der Waals surface area contributed by atoms with E-state index in [1.807, 2.05) is 50.6 Å². The average molecular weight is 403 g/mol. The second kappa shape index (κ2) is 8.96. The highest BCUT2D eigenvalue weighted by Crippen LogP contribution is 2.30. The Morgan fingerprint density at radius 3 is 2.21 bits per heavy atom. The highest BCUT2D eigenvalue weighted by molar-refractivity contribution is 5.96. The van der Waals surface area contributed by atoms with Gasteiger partial charge in [0.2, 0.25) is 0 Å². The van der Waals surface area contributed by atoms with Gasteiger partial charge in [-0.15, -0.1) is 0 Å². The molecule has 0 fully saturated rings. The van der Waals surface area contributed by atoms with Gasteiger partial charge in [0.15, 0.2) is 0 Å². The zero-order valence-corrected chi connectivity index (χ0v) is 15.6. The molecule has 0 unspecified atom stereocenters. The van der Waals surface area contributed by atoms with Gasteiger partial charge in [0.1, 0.15) is 6.79 Å². The molecule has 9 heteroatoms. The quantitative estimate of drug-likeness (QED) is 0.413. The van der Waals surface area contributed by atoms with Crippen molar-refractivity contribution in [2.24, 2.45) is 7.05 Å². The van der Waals surface area contributed by atoms with Crippen LogP contribution in [-0.4, -0.2) is 21.6 Å². The SMILES string of the molecule is C=O.Cn1cc(-c2c[nH]c3cc(N)ccc23)cn1.Nc1ccc(C(F)(F)F)cc1. The van der Waals surface area contributed by atoms with Gasteiger partial charge in [0, 0.05) is 52.8 Å². The van der Waals surface area contributed by atoms with Crippen LogP contribution >= 0.6 is 0 Å². The van der Waals surface area contributed by atoms with E-state index < -0.39 is 11.7 Å². The number of anilines is 2. The topological polar surface area (TPSA) is 103 Å². The van der Waals surface area contributed by atoms with Crippen molar-refractivity contribution in [3.05, 3.63) is 66.6 Å². The molecule has 0 aliphatic rings. The summed E-state index contributed by atoms with van der Waals surface area (Å²) < 4.78 is 37.4. The largest absolute Gasteiger partial charge is 0.416 e. The minimum Gasteiger partial charge on any atom is -0.399 e. The molecule has 0 spiro atoms. The van der Waals surface area contributed by atoms with Crippen LogP contribution in [0.25, 0.3) is 22.0 Å². The summed E-state index contributed by atoms with van der Waals surface area (Å²) in [5.41, 5.74) is 14.7. The summed E-state index contributed by atoms with van der Waals surface area (Å²) in [6.07, 6.45) is 1.58. The molecular weight excluding hydrogens is 383 g/mol. The first-order valence-electron chi connectivity index (χ1n) is 8.31. The number of hydrogen-bond acceptors (Lipinski definition) is 4. The molecule has 29 heavy (non-hydrogen) atoms. The van der Waals surface area contributed by atoms with E-state index in [4.69, 9.17) is 16.3 Å². The van der Waals surface area contributed by atoms with Gasteiger partial charge in [-0.3, -0.25) is 4.68 Å². The Morgan fingerprint density at radius 2 is 1.66 bits per heavy atom. The Morgan fingerprint density at radius 1 is 1.03 bits per heavy atom. The van der Waals surface area contributed by atoms with E-state index in [9.17, 15) is 13.2 Å². The molecule has 2 heterocycles. The van der Waals surface area contributed by atoms with Crippen molar-refractivity contribution in [2.45, 2.75) is 6.18 Å². The van der Waals surface area contributed by atoms with Crippen LogP contribution in [0, 0.1) is 0 Å². The number of carbonyl (C=O) groups excluding carboxylic acids is 1. The Hall–Kier alpha value is -3.75. The third kappa shape index (κ3) is 5.38. The number of H-pyrrole nitrogens is 1. The lowest BCUT2D eigenvalue weighted by atomic mass is 10.1. The maximum absolute atomic E-state index is 11.9. The van der Waals surface area contributed by atoms with E-state index in [0.717, 1.165) is 34.5 Å². The van der Waals surface area contributed by atoms with E-state index in [0.29, 0.717) is 5.69 Å². The number of hydrogen-bond donors (Lipinski definition) is 3. The molecule has 2 aromatic heterocycles. The van der Waals surface area contributed by atoms with Crippen LogP contribution in [0.1, 0.15) is 5.56 Å². The summed E-state index contributed by atoms with van der Waals surface area (Å²) in [7, 11) is 1.91. The number of nitrogens with two attached hydrogens (primary N) is 2. The number of rotatable bonds is 1. The Balaban J connectivity index is 0.000000203. The summed E-state index contributed by atoms with van der Waals surface area (Å²) in [5, 5.41) is 5.34. The number of alkyl halides is 3. The molecule has 0 atom stereocenters. The normalized spacial score (nSPS) is 10.6. The third-order valence-electron chi connectivity index (χ3n) is 3.96. The zero-order chi connectivity index (χ0) is 21.6. The number of benzene rings is 2. The fourth-order valence-corrected chi connectivity index (χ4v) is 2.62. The van der Waals surface area contributed by atoms with Gasteiger partial charge in [-0.25, -0.2) is 0 Å². The standard InChI is InChI=1S/C12H12N4.C7H6F3N.CH2O/c1-16-7-8(5-15-16)11-6-14-12-4-9(13)2-3-10(11)12;8-7(9,10)5-1-3-6(11)4-2-5;1-2/h2-7,14H,13H2,1H3;1-4H,11H2;1H2. The molecular formula is C20H20F3N5O. The number of fused-ring (bicyclic) bond motifs is 1. The van der Waals surface area contributed by atoms with E-state index in [-0.39, 0.29) is 0 Å². The molecule has 0 saturated carbocycles. The van der Waals surface area contributed by atoms with Crippen LogP contribution in [0.3, 0.4) is 0 Å². The first kappa shape index (κ1) is 21.5. The first-order valence-corrected chi connectivity index (χ1v) is 8.31. The third-order valence-corrected chi connectivity index (χ3v) is 3.96. The molecule has 6 nitrogen and oxygen atoms in total. The van der Waals surface area contributed by atoms with Crippen molar-refractivity contribution in [1.82, 2.24) is 14.8 Å². The number of aromatic amines is 1. The van der Waals surface area contributed by atoms with E-state index in [1.54, 1.807) is 4.68 Å². The number of nitrogens with zero attached hydrogens (tertiary/aromatic N) is 2. The summed E-state index contributed by atoms with van der Waals surface area (Å²) in [6.45, 7) is 2.00.